The lowest BCUT2D eigenvalue weighted by Gasteiger charge is -2.10. The Kier molecular flexibility index (Phi) is 5.65. The number of phenolic OH excluding ortho intramolecular Hbond substituents is 1. The van der Waals surface area contributed by atoms with Crippen LogP contribution in [-0.4, -0.2) is 32.2 Å². The molecule has 3 rings (SSSR count). The van der Waals surface area contributed by atoms with Gasteiger partial charge < -0.3 is 14.9 Å². The number of carboxylic acids is 1. The zero-order chi connectivity index (χ0) is 20.3. The molecule has 0 spiro atoms. The van der Waals surface area contributed by atoms with Crippen molar-refractivity contribution < 1.29 is 24.5 Å². The summed E-state index contributed by atoms with van der Waals surface area (Å²) < 4.78 is 5.60. The van der Waals surface area contributed by atoms with Gasteiger partial charge in [-0.25, -0.2) is 4.79 Å². The summed E-state index contributed by atoms with van der Waals surface area (Å²) in [6.07, 6.45) is 0.465. The highest BCUT2D eigenvalue weighted by Crippen LogP contribution is 2.36. The summed E-state index contributed by atoms with van der Waals surface area (Å²) in [6, 6.07) is 11.4. The van der Waals surface area contributed by atoms with Crippen molar-refractivity contribution in [3.63, 3.8) is 0 Å². The van der Waals surface area contributed by atoms with Gasteiger partial charge in [-0.2, -0.15) is 5.10 Å². The Morgan fingerprint density at radius 3 is 2.71 bits per heavy atom. The molecule has 0 fully saturated rings. The first-order valence-corrected chi connectivity index (χ1v) is 8.73. The smallest absolute Gasteiger partial charge is 0.335 e. The normalized spacial score (nSPS) is 10.6. The fourth-order valence-corrected chi connectivity index (χ4v) is 2.91. The lowest BCUT2D eigenvalue weighted by molar-refractivity contribution is 0.0696. The second kappa shape index (κ2) is 8.14. The fraction of sp³-hybridized carbons (Fsp3) is 0.150. The summed E-state index contributed by atoms with van der Waals surface area (Å²) in [5.41, 5.74) is 2.58. The van der Waals surface area contributed by atoms with Crippen LogP contribution in [0.1, 0.15) is 44.6 Å². The number of rotatable bonds is 7. The second-order valence-corrected chi connectivity index (χ2v) is 6.56. The molecule has 0 radical (unpaired) electrons. The topological polar surface area (TPSA) is 113 Å². The van der Waals surface area contributed by atoms with Gasteiger partial charge in [0, 0.05) is 6.42 Å². The number of H-pyrrole nitrogens is 1. The Bertz CT molecular complexity index is 1040. The third kappa shape index (κ3) is 4.32. The van der Waals surface area contributed by atoms with Crippen LogP contribution in [-0.2, 0) is 13.0 Å². The Labute approximate surface area is 165 Å². The average Bonchev–Trinajstić information content (AvgIpc) is 3.10. The molecule has 0 unspecified atom stereocenters. The van der Waals surface area contributed by atoms with Crippen LogP contribution in [0.4, 0.5) is 0 Å². The Balaban J connectivity index is 1.67. The van der Waals surface area contributed by atoms with Crippen LogP contribution in [0.5, 0.6) is 11.5 Å². The van der Waals surface area contributed by atoms with E-state index in [2.05, 4.69) is 10.2 Å². The number of aromatic amines is 1. The first kappa shape index (κ1) is 19.4. The maximum absolute atomic E-state index is 11.4. The van der Waals surface area contributed by atoms with E-state index in [9.17, 15) is 14.7 Å². The summed E-state index contributed by atoms with van der Waals surface area (Å²) >= 11 is 6.06. The van der Waals surface area contributed by atoms with E-state index in [4.69, 9.17) is 21.4 Å². The molecule has 8 heteroatoms. The third-order valence-corrected chi connectivity index (χ3v) is 4.45. The number of halogens is 1. The van der Waals surface area contributed by atoms with E-state index in [1.165, 1.54) is 25.1 Å². The van der Waals surface area contributed by atoms with E-state index in [0.717, 1.165) is 11.3 Å². The van der Waals surface area contributed by atoms with Gasteiger partial charge in [0.1, 0.15) is 23.1 Å². The van der Waals surface area contributed by atoms with Crippen molar-refractivity contribution in [3.05, 3.63) is 75.6 Å². The van der Waals surface area contributed by atoms with E-state index in [0.29, 0.717) is 12.1 Å². The van der Waals surface area contributed by atoms with Gasteiger partial charge in [-0.15, -0.1) is 0 Å². The number of aromatic carboxylic acids is 1. The zero-order valence-electron chi connectivity index (χ0n) is 14.9. The third-order valence-electron chi connectivity index (χ3n) is 4.09. The minimum absolute atomic E-state index is 0.0297. The molecular formula is C20H17ClN2O5. The number of Topliss-reactive ketones (excluding diaryl/α,β-unsaturated/α-hetero) is 1. The van der Waals surface area contributed by atoms with E-state index >= 15 is 0 Å². The van der Waals surface area contributed by atoms with Crippen molar-refractivity contribution in [2.24, 2.45) is 0 Å². The molecule has 28 heavy (non-hydrogen) atoms. The van der Waals surface area contributed by atoms with Gasteiger partial charge in [-0.3, -0.25) is 9.89 Å². The summed E-state index contributed by atoms with van der Waals surface area (Å²) in [4.78, 5) is 22.5. The molecule has 0 bridgehead atoms. The van der Waals surface area contributed by atoms with Crippen LogP contribution in [0, 0.1) is 0 Å². The maximum Gasteiger partial charge on any atom is 0.335 e. The zero-order valence-corrected chi connectivity index (χ0v) is 15.7. The summed E-state index contributed by atoms with van der Waals surface area (Å²) in [5.74, 6) is -1.34. The number of carbonyl (C=O) groups excluding carboxylic acids is 1. The number of aromatic hydroxyl groups is 1. The Hall–Kier alpha value is -3.32. The van der Waals surface area contributed by atoms with E-state index in [-0.39, 0.29) is 40.0 Å². The monoisotopic (exact) mass is 400 g/mol. The van der Waals surface area contributed by atoms with Crippen molar-refractivity contribution in [2.75, 3.05) is 0 Å². The van der Waals surface area contributed by atoms with Crippen LogP contribution < -0.4 is 4.74 Å². The molecule has 7 nitrogen and oxygen atoms in total. The summed E-state index contributed by atoms with van der Waals surface area (Å²) in [5, 5.41) is 26.1. The number of hydrogen-bond donors (Lipinski definition) is 3. The molecule has 144 valence electrons. The number of nitrogens with zero attached hydrogens (tertiary/aromatic N) is 1. The highest BCUT2D eigenvalue weighted by Gasteiger charge is 2.15. The molecule has 2 aromatic carbocycles. The van der Waals surface area contributed by atoms with Crippen LogP contribution in [0.2, 0.25) is 5.02 Å². The minimum atomic E-state index is -0.978. The standard InChI is InChI=1S/C20H17ClN2O5/c1-11(24)16-5-6-17(18(21)19(16)25)28-10-15-9-14(22-23-15)8-12-3-2-4-13(7-12)20(26)27/h2-7,9,25H,8,10H2,1H3,(H,22,23)(H,26,27). The van der Waals surface area contributed by atoms with Gasteiger partial charge in [0.2, 0.25) is 0 Å². The number of ether oxygens (including phenoxy) is 1. The van der Waals surface area contributed by atoms with Crippen molar-refractivity contribution in [1.29, 1.82) is 0 Å². The van der Waals surface area contributed by atoms with Crippen LogP contribution in [0.15, 0.2) is 42.5 Å². The molecule has 0 aliphatic rings. The lowest BCUT2D eigenvalue weighted by atomic mass is 10.1. The number of hydrogen-bond acceptors (Lipinski definition) is 5. The molecule has 0 saturated carbocycles. The highest BCUT2D eigenvalue weighted by molar-refractivity contribution is 6.34. The van der Waals surface area contributed by atoms with Crippen LogP contribution in [0.3, 0.4) is 0 Å². The first-order valence-electron chi connectivity index (χ1n) is 8.35. The number of carbonyl (C=O) groups is 2. The quantitative estimate of drug-likeness (QED) is 0.519. The highest BCUT2D eigenvalue weighted by atomic mass is 35.5. The van der Waals surface area contributed by atoms with Crippen LogP contribution in [0.25, 0.3) is 0 Å². The van der Waals surface area contributed by atoms with Crippen LogP contribution >= 0.6 is 11.6 Å². The SMILES string of the molecule is CC(=O)c1ccc(OCc2cc(Cc3cccc(C(=O)O)c3)n[nH]2)c(Cl)c1O. The number of ketones is 1. The van der Waals surface area contributed by atoms with E-state index in [1.807, 2.05) is 6.07 Å². The molecule has 3 N–H and O–H groups in total. The molecule has 1 heterocycles. The predicted molar refractivity (Wildman–Crippen MR) is 102 cm³/mol. The van der Waals surface area contributed by atoms with Crippen molar-refractivity contribution in [3.8, 4) is 11.5 Å². The molecule has 0 amide bonds. The molecule has 0 saturated heterocycles. The number of benzene rings is 2. The van der Waals surface area contributed by atoms with Gasteiger partial charge in [-0.1, -0.05) is 23.7 Å². The summed E-state index contributed by atoms with van der Waals surface area (Å²) in [7, 11) is 0. The average molecular weight is 401 g/mol. The Morgan fingerprint density at radius 2 is 2.00 bits per heavy atom. The lowest BCUT2D eigenvalue weighted by Crippen LogP contribution is -1.99. The molecule has 0 aliphatic carbocycles. The molecule has 1 aromatic heterocycles. The Morgan fingerprint density at radius 1 is 1.21 bits per heavy atom. The largest absolute Gasteiger partial charge is 0.505 e. The van der Waals surface area contributed by atoms with Gasteiger partial charge in [0.05, 0.1) is 22.5 Å². The molecular weight excluding hydrogens is 384 g/mol. The van der Waals surface area contributed by atoms with Gasteiger partial charge in [0.25, 0.3) is 0 Å². The summed E-state index contributed by atoms with van der Waals surface area (Å²) in [6.45, 7) is 1.46. The van der Waals surface area contributed by atoms with E-state index in [1.54, 1.807) is 18.2 Å². The van der Waals surface area contributed by atoms with Gasteiger partial charge in [-0.05, 0) is 42.8 Å². The molecule has 3 aromatic rings. The van der Waals surface area contributed by atoms with E-state index < -0.39 is 5.97 Å². The second-order valence-electron chi connectivity index (χ2n) is 6.19. The van der Waals surface area contributed by atoms with Crippen molar-refractivity contribution in [2.45, 2.75) is 20.0 Å². The number of aromatic nitrogens is 2. The predicted octanol–water partition coefficient (Wildman–Crippen LogP) is 3.84. The van der Waals surface area contributed by atoms with Gasteiger partial charge in [0.15, 0.2) is 5.78 Å². The maximum atomic E-state index is 11.4. The fourth-order valence-electron chi connectivity index (χ4n) is 2.69. The van der Waals surface area contributed by atoms with Crippen molar-refractivity contribution >= 4 is 23.4 Å². The number of nitrogens with one attached hydrogen (secondary N) is 1. The minimum Gasteiger partial charge on any atom is -0.505 e. The molecule has 0 atom stereocenters. The number of carboxylic acid groups (broad SMARTS) is 1. The first-order chi connectivity index (χ1) is 13.3. The molecule has 0 aliphatic heterocycles. The van der Waals surface area contributed by atoms with Gasteiger partial charge >= 0.3 is 5.97 Å². The van der Waals surface area contributed by atoms with Crippen molar-refractivity contribution in [1.82, 2.24) is 10.2 Å². The number of phenols is 1.